The Labute approximate surface area is 156 Å². The van der Waals surface area contributed by atoms with Crippen LogP contribution in [-0.2, 0) is 4.79 Å². The van der Waals surface area contributed by atoms with E-state index in [1.807, 2.05) is 37.3 Å². The summed E-state index contributed by atoms with van der Waals surface area (Å²) in [6, 6.07) is 17.6. The third kappa shape index (κ3) is 4.76. The van der Waals surface area contributed by atoms with Gasteiger partial charge in [0.05, 0.1) is 32.7 Å². The molecule has 1 amide bonds. The van der Waals surface area contributed by atoms with Crippen LogP contribution in [0.2, 0.25) is 0 Å². The average molecular weight is 353 g/mol. The van der Waals surface area contributed by atoms with Crippen LogP contribution < -0.4 is 20.4 Å². The van der Waals surface area contributed by atoms with Gasteiger partial charge in [0.15, 0.2) is 0 Å². The average Bonchev–Trinajstić information content (AvgIpc) is 2.69. The Bertz CT molecular complexity index is 694. The number of nitrogens with one attached hydrogen (secondary N) is 3. The highest BCUT2D eigenvalue weighted by atomic mass is 16.2. The van der Waals surface area contributed by atoms with Gasteiger partial charge in [-0.05, 0) is 50.2 Å². The Morgan fingerprint density at radius 3 is 2.31 bits per heavy atom. The van der Waals surface area contributed by atoms with Crippen molar-refractivity contribution >= 4 is 23.0 Å². The van der Waals surface area contributed by atoms with Crippen LogP contribution in [0.4, 0.5) is 17.1 Å². The van der Waals surface area contributed by atoms with E-state index in [9.17, 15) is 4.79 Å². The van der Waals surface area contributed by atoms with Crippen LogP contribution in [-0.4, -0.2) is 44.7 Å². The number of para-hydroxylation sites is 1. The Balaban J connectivity index is 1.53. The fraction of sp³-hybridized carbons (Fsp3) is 0.381. The minimum atomic E-state index is -0.308. The standard InChI is InChI=1S/C21H28N4O/c1-3-24-13-15-25(16-14-24)20-11-9-19(10-12-20)22-17(2)21(26)23-18-7-5-4-6-8-18/h4-12,17,22H,3,13-16H2,1-2H3,(H,23,26)/p+1/t17-/m1/s1. The SMILES string of the molecule is CC[NH+]1CCN(c2ccc(N[C@H](C)C(=O)Nc3ccccc3)cc2)CC1. The molecule has 2 aromatic rings. The quantitative estimate of drug-likeness (QED) is 0.743. The maximum absolute atomic E-state index is 12.3. The molecule has 0 spiro atoms. The molecule has 1 heterocycles. The van der Waals surface area contributed by atoms with E-state index in [-0.39, 0.29) is 11.9 Å². The molecule has 0 aliphatic carbocycles. The third-order valence-electron chi connectivity index (χ3n) is 5.02. The van der Waals surface area contributed by atoms with Crippen molar-refractivity contribution in [2.45, 2.75) is 19.9 Å². The van der Waals surface area contributed by atoms with Crippen LogP contribution in [0.15, 0.2) is 54.6 Å². The third-order valence-corrected chi connectivity index (χ3v) is 5.02. The van der Waals surface area contributed by atoms with Gasteiger partial charge in [0.1, 0.15) is 6.04 Å². The van der Waals surface area contributed by atoms with E-state index in [0.717, 1.165) is 24.5 Å². The van der Waals surface area contributed by atoms with Gasteiger partial charge in [0.25, 0.3) is 0 Å². The lowest BCUT2D eigenvalue weighted by Gasteiger charge is -2.33. The first-order valence-electron chi connectivity index (χ1n) is 9.46. The van der Waals surface area contributed by atoms with Gasteiger partial charge in [-0.3, -0.25) is 4.79 Å². The van der Waals surface area contributed by atoms with Gasteiger partial charge >= 0.3 is 0 Å². The van der Waals surface area contributed by atoms with E-state index < -0.39 is 0 Å². The zero-order valence-electron chi connectivity index (χ0n) is 15.7. The smallest absolute Gasteiger partial charge is 0.246 e. The van der Waals surface area contributed by atoms with E-state index in [0.29, 0.717) is 0 Å². The molecule has 1 aliphatic heterocycles. The number of hydrogen-bond acceptors (Lipinski definition) is 3. The maximum Gasteiger partial charge on any atom is 0.246 e. The molecule has 0 unspecified atom stereocenters. The first-order valence-corrected chi connectivity index (χ1v) is 9.46. The van der Waals surface area contributed by atoms with Gasteiger partial charge in [-0.15, -0.1) is 0 Å². The van der Waals surface area contributed by atoms with Crippen molar-refractivity contribution in [3.63, 3.8) is 0 Å². The number of piperazine rings is 1. The number of rotatable bonds is 6. The molecule has 2 aromatic carbocycles. The summed E-state index contributed by atoms with van der Waals surface area (Å²) in [5, 5.41) is 6.20. The highest BCUT2D eigenvalue weighted by Crippen LogP contribution is 2.19. The molecular formula is C21H29N4O+. The van der Waals surface area contributed by atoms with Crippen molar-refractivity contribution in [3.05, 3.63) is 54.6 Å². The number of likely N-dealkylation sites (N-methyl/N-ethyl adjacent to an activating group) is 1. The summed E-state index contributed by atoms with van der Waals surface area (Å²) in [4.78, 5) is 16.4. The van der Waals surface area contributed by atoms with E-state index in [1.165, 1.54) is 25.3 Å². The van der Waals surface area contributed by atoms with Gasteiger partial charge in [0.2, 0.25) is 5.91 Å². The molecule has 5 heteroatoms. The van der Waals surface area contributed by atoms with Crippen molar-refractivity contribution in [3.8, 4) is 0 Å². The zero-order valence-corrected chi connectivity index (χ0v) is 15.7. The van der Waals surface area contributed by atoms with Crippen LogP contribution >= 0.6 is 0 Å². The van der Waals surface area contributed by atoms with Gasteiger partial charge in [-0.1, -0.05) is 18.2 Å². The van der Waals surface area contributed by atoms with Crippen molar-refractivity contribution in [2.75, 3.05) is 48.3 Å². The molecule has 0 radical (unpaired) electrons. The van der Waals surface area contributed by atoms with Crippen molar-refractivity contribution in [1.82, 2.24) is 0 Å². The minimum Gasteiger partial charge on any atom is -0.374 e. The summed E-state index contributed by atoms with van der Waals surface area (Å²) in [7, 11) is 0. The summed E-state index contributed by atoms with van der Waals surface area (Å²) in [5.41, 5.74) is 3.03. The Morgan fingerprint density at radius 2 is 1.69 bits per heavy atom. The molecular weight excluding hydrogens is 324 g/mol. The van der Waals surface area contributed by atoms with Crippen LogP contribution in [0.5, 0.6) is 0 Å². The van der Waals surface area contributed by atoms with Gasteiger partial charge in [-0.25, -0.2) is 0 Å². The fourth-order valence-corrected chi connectivity index (χ4v) is 3.29. The van der Waals surface area contributed by atoms with Gasteiger partial charge in [-0.2, -0.15) is 0 Å². The molecule has 1 aliphatic rings. The number of anilines is 3. The molecule has 0 bridgehead atoms. The molecule has 0 aromatic heterocycles. The van der Waals surface area contributed by atoms with Crippen LogP contribution in [0.1, 0.15) is 13.8 Å². The number of benzene rings is 2. The predicted octanol–water partition coefficient (Wildman–Crippen LogP) is 1.85. The number of carbonyl (C=O) groups excluding carboxylic acids is 1. The van der Waals surface area contributed by atoms with E-state index in [4.69, 9.17) is 0 Å². The number of hydrogen-bond donors (Lipinski definition) is 3. The van der Waals surface area contributed by atoms with Crippen molar-refractivity contribution < 1.29 is 9.69 Å². The van der Waals surface area contributed by atoms with Crippen molar-refractivity contribution in [1.29, 1.82) is 0 Å². The molecule has 5 nitrogen and oxygen atoms in total. The second-order valence-electron chi connectivity index (χ2n) is 6.86. The second kappa shape index (κ2) is 8.72. The number of quaternary nitrogens is 1. The summed E-state index contributed by atoms with van der Waals surface area (Å²) < 4.78 is 0. The van der Waals surface area contributed by atoms with Crippen molar-refractivity contribution in [2.24, 2.45) is 0 Å². The zero-order chi connectivity index (χ0) is 18.4. The lowest BCUT2D eigenvalue weighted by atomic mass is 10.2. The van der Waals surface area contributed by atoms with Crippen LogP contribution in [0, 0.1) is 0 Å². The van der Waals surface area contributed by atoms with Crippen LogP contribution in [0.25, 0.3) is 0 Å². The monoisotopic (exact) mass is 353 g/mol. The fourth-order valence-electron chi connectivity index (χ4n) is 3.29. The topological polar surface area (TPSA) is 48.8 Å². The highest BCUT2D eigenvalue weighted by Gasteiger charge is 2.18. The van der Waals surface area contributed by atoms with E-state index >= 15 is 0 Å². The Kier molecular flexibility index (Phi) is 6.12. The number of amides is 1. The number of carbonyl (C=O) groups is 1. The predicted molar refractivity (Wildman–Crippen MR) is 108 cm³/mol. The molecule has 3 rings (SSSR count). The molecule has 1 saturated heterocycles. The lowest BCUT2D eigenvalue weighted by Crippen LogP contribution is -3.14. The first-order chi connectivity index (χ1) is 12.7. The summed E-state index contributed by atoms with van der Waals surface area (Å²) in [5.74, 6) is -0.0426. The summed E-state index contributed by atoms with van der Waals surface area (Å²) in [6.45, 7) is 9.94. The van der Waals surface area contributed by atoms with Crippen LogP contribution in [0.3, 0.4) is 0 Å². The molecule has 138 valence electrons. The normalized spacial score (nSPS) is 16.2. The largest absolute Gasteiger partial charge is 0.374 e. The summed E-state index contributed by atoms with van der Waals surface area (Å²) in [6.07, 6.45) is 0. The van der Waals surface area contributed by atoms with E-state index in [2.05, 4.69) is 46.7 Å². The van der Waals surface area contributed by atoms with Gasteiger partial charge in [0, 0.05) is 17.1 Å². The lowest BCUT2D eigenvalue weighted by molar-refractivity contribution is -0.898. The molecule has 1 fully saturated rings. The Hall–Kier alpha value is -2.53. The molecule has 26 heavy (non-hydrogen) atoms. The van der Waals surface area contributed by atoms with Gasteiger partial charge < -0.3 is 20.4 Å². The summed E-state index contributed by atoms with van der Waals surface area (Å²) >= 11 is 0. The number of nitrogens with zero attached hydrogens (tertiary/aromatic N) is 1. The van der Waals surface area contributed by atoms with E-state index in [1.54, 1.807) is 4.90 Å². The molecule has 0 saturated carbocycles. The molecule has 1 atom stereocenters. The molecule has 3 N–H and O–H groups in total. The first kappa shape index (κ1) is 18.3. The highest BCUT2D eigenvalue weighted by molar-refractivity contribution is 5.96. The second-order valence-corrected chi connectivity index (χ2v) is 6.86. The maximum atomic E-state index is 12.3. The minimum absolute atomic E-state index is 0.0426. The Morgan fingerprint density at radius 1 is 1.04 bits per heavy atom.